The molecule has 0 unspecified atom stereocenters. The minimum atomic E-state index is -0.583. The van der Waals surface area contributed by atoms with Gasteiger partial charge < -0.3 is 29.2 Å². The molecule has 1 aliphatic carbocycles. The van der Waals surface area contributed by atoms with E-state index in [9.17, 15) is 9.59 Å². The maximum Gasteiger partial charge on any atom is 0.409 e. The Morgan fingerprint density at radius 1 is 1.15 bits per heavy atom. The van der Waals surface area contributed by atoms with Crippen molar-refractivity contribution in [2.24, 2.45) is 5.41 Å². The first-order chi connectivity index (χ1) is 15.5. The fourth-order valence-electron chi connectivity index (χ4n) is 4.78. The van der Waals surface area contributed by atoms with Crippen LogP contribution >= 0.6 is 0 Å². The largest absolute Gasteiger partial charge is 0.493 e. The van der Waals surface area contributed by atoms with Crippen LogP contribution in [0.3, 0.4) is 0 Å². The van der Waals surface area contributed by atoms with Crippen molar-refractivity contribution in [1.82, 2.24) is 10.2 Å². The second-order valence-electron chi connectivity index (χ2n) is 10.3. The van der Waals surface area contributed by atoms with Gasteiger partial charge in [-0.15, -0.1) is 0 Å². The molecule has 0 aromatic heterocycles. The average Bonchev–Trinajstić information content (AvgIpc) is 3.38. The van der Waals surface area contributed by atoms with Gasteiger partial charge in [0.15, 0.2) is 11.5 Å². The predicted molar refractivity (Wildman–Crippen MR) is 125 cm³/mol. The van der Waals surface area contributed by atoms with Gasteiger partial charge >= 0.3 is 12.2 Å². The molecular weight excluding hydrogens is 424 g/mol. The van der Waals surface area contributed by atoms with Crippen LogP contribution in [-0.4, -0.2) is 62.6 Å². The lowest BCUT2D eigenvalue weighted by Crippen LogP contribution is -2.42. The molecular formula is C25H38N2O6. The number of methoxy groups -OCH3 is 2. The number of hydrogen-bond donors (Lipinski definition) is 1. The first-order valence-corrected chi connectivity index (χ1v) is 11.7. The smallest absolute Gasteiger partial charge is 0.409 e. The minimum Gasteiger partial charge on any atom is -0.493 e. The third-order valence-corrected chi connectivity index (χ3v) is 6.45. The van der Waals surface area contributed by atoms with Crippen LogP contribution in [0.2, 0.25) is 0 Å². The summed E-state index contributed by atoms with van der Waals surface area (Å²) >= 11 is 0. The molecule has 0 bridgehead atoms. The third-order valence-electron chi connectivity index (χ3n) is 6.45. The van der Waals surface area contributed by atoms with Crippen molar-refractivity contribution in [2.45, 2.75) is 71.0 Å². The zero-order chi connectivity index (χ0) is 24.2. The molecule has 3 rings (SSSR count). The van der Waals surface area contributed by atoms with Gasteiger partial charge in [-0.05, 0) is 64.2 Å². The first kappa shape index (κ1) is 25.0. The van der Waals surface area contributed by atoms with Gasteiger partial charge in [-0.25, -0.2) is 9.59 Å². The van der Waals surface area contributed by atoms with Crippen LogP contribution in [0.5, 0.6) is 11.5 Å². The van der Waals surface area contributed by atoms with Gasteiger partial charge in [-0.2, -0.15) is 0 Å². The number of carbonyl (C=O) groups is 2. The highest BCUT2D eigenvalue weighted by Gasteiger charge is 2.46. The molecule has 184 valence electrons. The third kappa shape index (κ3) is 6.24. The number of ether oxygens (including phenoxy) is 4. The van der Waals surface area contributed by atoms with E-state index >= 15 is 0 Å². The summed E-state index contributed by atoms with van der Waals surface area (Å²) in [6.45, 7) is 8.84. The van der Waals surface area contributed by atoms with E-state index in [1.54, 1.807) is 12.0 Å². The molecule has 1 heterocycles. The van der Waals surface area contributed by atoms with E-state index in [0.717, 1.165) is 24.2 Å². The van der Waals surface area contributed by atoms with Crippen LogP contribution in [0.1, 0.15) is 64.9 Å². The molecule has 2 atom stereocenters. The monoisotopic (exact) mass is 462 g/mol. The van der Waals surface area contributed by atoms with Crippen LogP contribution in [0, 0.1) is 5.41 Å². The van der Waals surface area contributed by atoms with Crippen LogP contribution in [0.25, 0.3) is 0 Å². The Balaban J connectivity index is 1.85. The fourth-order valence-corrected chi connectivity index (χ4v) is 4.78. The lowest BCUT2D eigenvalue weighted by atomic mass is 9.76. The number of likely N-dealkylation sites (tertiary alicyclic amines) is 1. The van der Waals surface area contributed by atoms with E-state index in [0.29, 0.717) is 25.4 Å². The molecule has 1 N–H and O–H groups in total. The van der Waals surface area contributed by atoms with Gasteiger partial charge in [0.1, 0.15) is 5.60 Å². The number of alkyl carbamates (subject to hydrolysis) is 1. The van der Waals surface area contributed by atoms with E-state index < -0.39 is 17.1 Å². The van der Waals surface area contributed by atoms with Crippen LogP contribution in [0.4, 0.5) is 9.59 Å². The van der Waals surface area contributed by atoms with Crippen molar-refractivity contribution >= 4 is 12.2 Å². The maximum absolute atomic E-state index is 12.3. The van der Waals surface area contributed by atoms with E-state index in [1.807, 2.05) is 39.0 Å². The number of amides is 2. The number of rotatable bonds is 6. The Morgan fingerprint density at radius 2 is 1.85 bits per heavy atom. The zero-order valence-corrected chi connectivity index (χ0v) is 20.7. The Bertz CT molecular complexity index is 846. The second kappa shape index (κ2) is 10.1. The lowest BCUT2D eigenvalue weighted by molar-refractivity contribution is 0.0501. The van der Waals surface area contributed by atoms with Crippen molar-refractivity contribution < 1.29 is 28.5 Å². The van der Waals surface area contributed by atoms with Gasteiger partial charge in [-0.3, -0.25) is 0 Å². The SMILES string of the molecule is COC(=O)N1C[C@@H](c2ccc(OC)c(OC3CCCC3)c2)[C@](C)(CNC(=O)OC(C)(C)C)C1. The highest BCUT2D eigenvalue weighted by Crippen LogP contribution is 2.45. The van der Waals surface area contributed by atoms with E-state index in [-0.39, 0.29) is 18.1 Å². The topological polar surface area (TPSA) is 86.3 Å². The summed E-state index contributed by atoms with van der Waals surface area (Å²) < 4.78 is 22.2. The number of hydrogen-bond acceptors (Lipinski definition) is 6. The quantitative estimate of drug-likeness (QED) is 0.659. The van der Waals surface area contributed by atoms with Gasteiger partial charge in [0.25, 0.3) is 0 Å². The molecule has 1 saturated carbocycles. The molecule has 1 aliphatic heterocycles. The summed E-state index contributed by atoms with van der Waals surface area (Å²) in [5.41, 5.74) is 0.0222. The Hall–Kier alpha value is -2.64. The zero-order valence-electron chi connectivity index (χ0n) is 20.7. The summed E-state index contributed by atoms with van der Waals surface area (Å²) in [7, 11) is 3.02. The molecule has 2 amide bonds. The normalized spacial score (nSPS) is 23.3. The molecule has 1 aromatic rings. The van der Waals surface area contributed by atoms with Crippen LogP contribution in [0.15, 0.2) is 18.2 Å². The van der Waals surface area contributed by atoms with Crippen LogP contribution in [-0.2, 0) is 9.47 Å². The van der Waals surface area contributed by atoms with Gasteiger partial charge in [0, 0.05) is 31.0 Å². The highest BCUT2D eigenvalue weighted by molar-refractivity contribution is 5.69. The van der Waals surface area contributed by atoms with Crippen molar-refractivity contribution in [2.75, 3.05) is 33.9 Å². The first-order valence-electron chi connectivity index (χ1n) is 11.7. The van der Waals surface area contributed by atoms with Crippen LogP contribution < -0.4 is 14.8 Å². The molecule has 0 radical (unpaired) electrons. The van der Waals surface area contributed by atoms with Gasteiger partial charge in [0.2, 0.25) is 0 Å². The van der Waals surface area contributed by atoms with E-state index in [1.165, 1.54) is 20.0 Å². The van der Waals surface area contributed by atoms with Crippen molar-refractivity contribution in [3.63, 3.8) is 0 Å². The van der Waals surface area contributed by atoms with Gasteiger partial charge in [0.05, 0.1) is 20.3 Å². The number of nitrogens with zero attached hydrogens (tertiary/aromatic N) is 1. The van der Waals surface area contributed by atoms with E-state index in [4.69, 9.17) is 18.9 Å². The van der Waals surface area contributed by atoms with Crippen molar-refractivity contribution in [3.05, 3.63) is 23.8 Å². The summed E-state index contributed by atoms with van der Waals surface area (Å²) in [6, 6.07) is 5.95. The summed E-state index contributed by atoms with van der Waals surface area (Å²) in [5.74, 6) is 1.38. The molecule has 8 heteroatoms. The number of carbonyl (C=O) groups excluding carboxylic acids is 2. The molecule has 33 heavy (non-hydrogen) atoms. The van der Waals surface area contributed by atoms with E-state index in [2.05, 4.69) is 12.2 Å². The summed E-state index contributed by atoms with van der Waals surface area (Å²) in [4.78, 5) is 26.4. The maximum atomic E-state index is 12.3. The molecule has 1 aromatic carbocycles. The summed E-state index contributed by atoms with van der Waals surface area (Å²) in [6.07, 6.45) is 3.80. The number of nitrogens with one attached hydrogen (secondary N) is 1. The molecule has 0 spiro atoms. The summed E-state index contributed by atoms with van der Waals surface area (Å²) in [5, 5.41) is 2.90. The second-order valence-corrected chi connectivity index (χ2v) is 10.3. The highest BCUT2D eigenvalue weighted by atomic mass is 16.6. The molecule has 2 fully saturated rings. The molecule has 2 aliphatic rings. The Morgan fingerprint density at radius 3 is 2.45 bits per heavy atom. The Kier molecular flexibility index (Phi) is 7.65. The standard InChI is InChI=1S/C25H38N2O6/c1-24(2,3)33-22(28)26-15-25(4)16-27(23(29)31-6)14-19(25)17-11-12-20(30-5)21(13-17)32-18-9-7-8-10-18/h11-13,18-19H,7-10,14-16H2,1-6H3,(H,26,28)/t19-,25+/m0/s1. The molecule has 1 saturated heterocycles. The fraction of sp³-hybridized carbons (Fsp3) is 0.680. The minimum absolute atomic E-state index is 0.0385. The lowest BCUT2D eigenvalue weighted by Gasteiger charge is -2.32. The average molecular weight is 463 g/mol. The van der Waals surface area contributed by atoms with Crippen molar-refractivity contribution in [1.29, 1.82) is 0 Å². The molecule has 8 nitrogen and oxygen atoms in total. The Labute approximate surface area is 196 Å². The number of benzene rings is 1. The van der Waals surface area contributed by atoms with Crippen molar-refractivity contribution in [3.8, 4) is 11.5 Å². The predicted octanol–water partition coefficient (Wildman–Crippen LogP) is 4.71. The van der Waals surface area contributed by atoms with Gasteiger partial charge in [-0.1, -0.05) is 13.0 Å².